The molecule has 2 fully saturated rings. The quantitative estimate of drug-likeness (QED) is 0.386. The van der Waals surface area contributed by atoms with E-state index in [2.05, 4.69) is 35.2 Å². The highest BCUT2D eigenvalue weighted by Crippen LogP contribution is 2.49. The summed E-state index contributed by atoms with van der Waals surface area (Å²) in [4.78, 5) is 0. The molecule has 2 rings (SSSR count). The van der Waals surface area contributed by atoms with Crippen molar-refractivity contribution in [3.63, 3.8) is 0 Å². The van der Waals surface area contributed by atoms with E-state index < -0.39 is 0 Å². The summed E-state index contributed by atoms with van der Waals surface area (Å²) in [6.07, 6.45) is 11.6. The van der Waals surface area contributed by atoms with Crippen LogP contribution in [0, 0.1) is 5.41 Å². The van der Waals surface area contributed by atoms with E-state index in [1.165, 1.54) is 51.4 Å². The van der Waals surface area contributed by atoms with E-state index in [9.17, 15) is 0 Å². The molecule has 0 aromatic rings. The predicted octanol–water partition coefficient (Wildman–Crippen LogP) is 4.22. The van der Waals surface area contributed by atoms with Crippen LogP contribution in [0.1, 0.15) is 51.4 Å². The Bertz CT molecular complexity index is 141. The Morgan fingerprint density at radius 1 is 0.923 bits per heavy atom. The first kappa shape index (κ1) is 10.6. The number of rotatable bonds is 0. The fourth-order valence-electron chi connectivity index (χ4n) is 2.91. The highest BCUT2D eigenvalue weighted by atomic mass is 127. The highest BCUT2D eigenvalue weighted by molar-refractivity contribution is 14.1. The topological polar surface area (TPSA) is 0 Å². The van der Waals surface area contributed by atoms with Crippen LogP contribution in [-0.2, 0) is 0 Å². The predicted molar refractivity (Wildman–Crippen MR) is 70.0 cm³/mol. The largest absolute Gasteiger partial charge is 0.176 e. The Morgan fingerprint density at radius 3 is 1.92 bits per heavy atom. The Balaban J connectivity index is 1.90. The normalized spacial score (nSPS) is 46.6. The number of hydrogen-bond donors (Lipinski definition) is 1. The molecule has 0 radical (unpaired) electrons. The van der Waals surface area contributed by atoms with Crippen molar-refractivity contribution in [2.24, 2.45) is 5.41 Å². The van der Waals surface area contributed by atoms with E-state index in [0.29, 0.717) is 5.25 Å². The average Bonchev–Trinajstić information content (AvgIpc) is 2.16. The smallest absolute Gasteiger partial charge is 0.0110 e. The van der Waals surface area contributed by atoms with Gasteiger partial charge in [0.05, 0.1) is 0 Å². The van der Waals surface area contributed by atoms with Crippen LogP contribution < -0.4 is 0 Å². The van der Waals surface area contributed by atoms with Crippen molar-refractivity contribution in [1.29, 1.82) is 0 Å². The molecule has 2 aliphatic rings. The molecule has 0 atom stereocenters. The van der Waals surface area contributed by atoms with Crippen LogP contribution in [0.2, 0.25) is 0 Å². The summed E-state index contributed by atoms with van der Waals surface area (Å²) in [7, 11) is 0. The lowest BCUT2D eigenvalue weighted by Gasteiger charge is -2.43. The standard InChI is InChI=1S/C11H19IS/c12-9-1-5-11(6-2-9)7-3-10(13)4-8-11/h9-10,13H,1-8H2. The summed E-state index contributed by atoms with van der Waals surface area (Å²) in [5.74, 6) is 0. The lowest BCUT2D eigenvalue weighted by Crippen LogP contribution is -2.32. The molecule has 13 heavy (non-hydrogen) atoms. The van der Waals surface area contributed by atoms with Gasteiger partial charge in [0.2, 0.25) is 0 Å². The van der Waals surface area contributed by atoms with Gasteiger partial charge >= 0.3 is 0 Å². The van der Waals surface area contributed by atoms with Crippen LogP contribution in [0.15, 0.2) is 0 Å². The maximum atomic E-state index is 4.58. The molecule has 0 nitrogen and oxygen atoms in total. The molecule has 0 heterocycles. The fraction of sp³-hybridized carbons (Fsp3) is 1.00. The Kier molecular flexibility index (Phi) is 3.50. The molecule has 0 unspecified atom stereocenters. The minimum Gasteiger partial charge on any atom is -0.176 e. The molecule has 2 heteroatoms. The molecule has 0 aromatic carbocycles. The second-order valence-electron chi connectivity index (χ2n) is 4.91. The van der Waals surface area contributed by atoms with Gasteiger partial charge in [0.15, 0.2) is 0 Å². The van der Waals surface area contributed by atoms with Gasteiger partial charge in [-0.05, 0) is 56.8 Å². The van der Waals surface area contributed by atoms with Gasteiger partial charge in [-0.15, -0.1) is 0 Å². The van der Waals surface area contributed by atoms with Crippen molar-refractivity contribution < 1.29 is 0 Å². The molecular formula is C11H19IS. The molecule has 2 saturated carbocycles. The zero-order chi connectivity index (χ0) is 9.31. The van der Waals surface area contributed by atoms with Gasteiger partial charge in [0, 0.05) is 9.17 Å². The van der Waals surface area contributed by atoms with Crippen LogP contribution in [0.4, 0.5) is 0 Å². The first-order chi connectivity index (χ1) is 6.20. The Hall–Kier alpha value is 1.08. The van der Waals surface area contributed by atoms with Gasteiger partial charge in [0.1, 0.15) is 0 Å². The van der Waals surface area contributed by atoms with Crippen LogP contribution in [0.5, 0.6) is 0 Å². The molecular weight excluding hydrogens is 291 g/mol. The molecule has 1 spiro atoms. The molecule has 2 aliphatic carbocycles. The molecule has 0 aromatic heterocycles. The summed E-state index contributed by atoms with van der Waals surface area (Å²) in [5.41, 5.74) is 0.765. The third kappa shape index (κ3) is 2.55. The Morgan fingerprint density at radius 2 is 1.38 bits per heavy atom. The number of hydrogen-bond acceptors (Lipinski definition) is 1. The van der Waals surface area contributed by atoms with Crippen molar-refractivity contribution in [2.75, 3.05) is 0 Å². The van der Waals surface area contributed by atoms with Crippen LogP contribution >= 0.6 is 35.2 Å². The second-order valence-corrected chi connectivity index (χ2v) is 7.40. The van der Waals surface area contributed by atoms with Gasteiger partial charge in [0.25, 0.3) is 0 Å². The molecule has 0 N–H and O–H groups in total. The monoisotopic (exact) mass is 310 g/mol. The van der Waals surface area contributed by atoms with E-state index in [-0.39, 0.29) is 0 Å². The van der Waals surface area contributed by atoms with Gasteiger partial charge in [-0.2, -0.15) is 12.6 Å². The van der Waals surface area contributed by atoms with Crippen LogP contribution in [0.3, 0.4) is 0 Å². The first-order valence-corrected chi connectivity index (χ1v) is 7.29. The van der Waals surface area contributed by atoms with E-state index in [0.717, 1.165) is 9.34 Å². The lowest BCUT2D eigenvalue weighted by atomic mass is 9.65. The Labute approximate surface area is 101 Å². The molecule has 0 saturated heterocycles. The fourth-order valence-corrected chi connectivity index (χ4v) is 3.79. The highest BCUT2D eigenvalue weighted by Gasteiger charge is 2.37. The van der Waals surface area contributed by atoms with Gasteiger partial charge in [-0.1, -0.05) is 22.6 Å². The number of alkyl halides is 1. The summed E-state index contributed by atoms with van der Waals surface area (Å²) < 4.78 is 0.969. The average molecular weight is 310 g/mol. The third-order valence-electron chi connectivity index (χ3n) is 3.99. The van der Waals surface area contributed by atoms with Crippen molar-refractivity contribution in [1.82, 2.24) is 0 Å². The van der Waals surface area contributed by atoms with Crippen molar-refractivity contribution in [3.8, 4) is 0 Å². The maximum Gasteiger partial charge on any atom is 0.0110 e. The SMILES string of the molecule is SC1CCC2(CC1)CCC(I)CC2. The van der Waals surface area contributed by atoms with E-state index in [1.807, 2.05) is 0 Å². The van der Waals surface area contributed by atoms with E-state index in [1.54, 1.807) is 0 Å². The molecule has 0 bridgehead atoms. The summed E-state index contributed by atoms with van der Waals surface area (Å²) in [6, 6.07) is 0. The van der Waals surface area contributed by atoms with Crippen molar-refractivity contribution in [2.45, 2.75) is 60.5 Å². The minimum atomic E-state index is 0.711. The number of halogens is 1. The van der Waals surface area contributed by atoms with Gasteiger partial charge < -0.3 is 0 Å². The van der Waals surface area contributed by atoms with Crippen molar-refractivity contribution in [3.05, 3.63) is 0 Å². The maximum absolute atomic E-state index is 4.58. The van der Waals surface area contributed by atoms with Crippen LogP contribution in [-0.4, -0.2) is 9.17 Å². The number of thiol groups is 1. The van der Waals surface area contributed by atoms with Gasteiger partial charge in [-0.25, -0.2) is 0 Å². The summed E-state index contributed by atoms with van der Waals surface area (Å²) in [6.45, 7) is 0. The van der Waals surface area contributed by atoms with E-state index in [4.69, 9.17) is 0 Å². The summed E-state index contributed by atoms with van der Waals surface area (Å²) in [5, 5.41) is 0.711. The first-order valence-electron chi connectivity index (χ1n) is 5.52. The zero-order valence-electron chi connectivity index (χ0n) is 8.14. The summed E-state index contributed by atoms with van der Waals surface area (Å²) >= 11 is 7.21. The third-order valence-corrected chi connectivity index (χ3v) is 5.75. The minimum absolute atomic E-state index is 0.711. The van der Waals surface area contributed by atoms with Gasteiger partial charge in [-0.3, -0.25) is 0 Å². The molecule has 76 valence electrons. The molecule has 0 amide bonds. The second kappa shape index (κ2) is 4.30. The van der Waals surface area contributed by atoms with E-state index >= 15 is 0 Å². The van der Waals surface area contributed by atoms with Crippen molar-refractivity contribution >= 4 is 35.2 Å². The zero-order valence-corrected chi connectivity index (χ0v) is 11.2. The molecule has 0 aliphatic heterocycles. The lowest BCUT2D eigenvalue weighted by molar-refractivity contribution is 0.131. The van der Waals surface area contributed by atoms with Crippen LogP contribution in [0.25, 0.3) is 0 Å².